The zero-order chi connectivity index (χ0) is 17.8. The fourth-order valence-corrected chi connectivity index (χ4v) is 2.57. The molecule has 0 aliphatic rings. The molecule has 0 atom stereocenters. The van der Waals surface area contributed by atoms with Crippen LogP contribution in [0.25, 0.3) is 11.0 Å². The molecule has 1 heterocycles. The van der Waals surface area contributed by atoms with Gasteiger partial charge in [0.15, 0.2) is 0 Å². The molecule has 3 rings (SSSR count). The van der Waals surface area contributed by atoms with E-state index in [1.54, 1.807) is 24.3 Å². The van der Waals surface area contributed by atoms with E-state index in [-0.39, 0.29) is 17.5 Å². The largest absolute Gasteiger partial charge is 0.352 e. The first-order chi connectivity index (χ1) is 12.0. The van der Waals surface area contributed by atoms with Gasteiger partial charge in [0.25, 0.3) is 5.91 Å². The third-order valence-corrected chi connectivity index (χ3v) is 3.75. The second-order valence-electron chi connectivity index (χ2n) is 5.72. The molecule has 0 saturated heterocycles. The Morgan fingerprint density at radius 2 is 1.72 bits per heavy atom. The molecule has 0 aliphatic heterocycles. The van der Waals surface area contributed by atoms with Crippen molar-refractivity contribution >= 4 is 28.5 Å². The lowest BCUT2D eigenvalue weighted by Gasteiger charge is -2.07. The smallest absolute Gasteiger partial charge is 0.323 e. The van der Waals surface area contributed by atoms with Crippen LogP contribution in [0, 0.1) is 0 Å². The van der Waals surface area contributed by atoms with E-state index in [9.17, 15) is 14.4 Å². The lowest BCUT2D eigenvalue weighted by Crippen LogP contribution is -2.25. The minimum absolute atomic E-state index is 0.155. The topological polar surface area (TPSA) is 107 Å². The van der Waals surface area contributed by atoms with Gasteiger partial charge in [-0.05, 0) is 48.4 Å². The number of fused-ring (bicyclic) bond motifs is 1. The Bertz CT molecular complexity index is 970. The zero-order valence-electron chi connectivity index (χ0n) is 13.7. The minimum Gasteiger partial charge on any atom is -0.352 e. The van der Waals surface area contributed by atoms with E-state index in [0.717, 1.165) is 16.6 Å². The Labute approximate surface area is 143 Å². The first kappa shape index (κ1) is 16.5. The van der Waals surface area contributed by atoms with Crippen molar-refractivity contribution in [2.75, 3.05) is 11.9 Å². The van der Waals surface area contributed by atoms with Gasteiger partial charge in [0.2, 0.25) is 5.91 Å². The van der Waals surface area contributed by atoms with Gasteiger partial charge >= 0.3 is 5.69 Å². The third-order valence-electron chi connectivity index (χ3n) is 3.75. The summed E-state index contributed by atoms with van der Waals surface area (Å²) in [5.74, 6) is -0.330. The summed E-state index contributed by atoms with van der Waals surface area (Å²) in [4.78, 5) is 39.8. The second kappa shape index (κ2) is 7.04. The van der Waals surface area contributed by atoms with Crippen LogP contribution in [0.3, 0.4) is 0 Å². The van der Waals surface area contributed by atoms with Crippen LogP contribution in [-0.4, -0.2) is 28.3 Å². The summed E-state index contributed by atoms with van der Waals surface area (Å²) in [6, 6.07) is 12.3. The third kappa shape index (κ3) is 4.14. The minimum atomic E-state index is -0.233. The molecule has 0 bridgehead atoms. The summed E-state index contributed by atoms with van der Waals surface area (Å²) in [5.41, 5.74) is 3.48. The summed E-state index contributed by atoms with van der Waals surface area (Å²) in [6.45, 7) is 1.91. The number of amides is 2. The number of carbonyl (C=O) groups excluding carboxylic acids is 2. The van der Waals surface area contributed by atoms with Crippen molar-refractivity contribution in [1.29, 1.82) is 0 Å². The van der Waals surface area contributed by atoms with Crippen molar-refractivity contribution in [2.24, 2.45) is 0 Å². The van der Waals surface area contributed by atoms with Crippen LogP contribution in [0.1, 0.15) is 22.8 Å². The summed E-state index contributed by atoms with van der Waals surface area (Å²) < 4.78 is 0. The number of aromatic nitrogens is 2. The molecule has 4 N–H and O–H groups in total. The lowest BCUT2D eigenvalue weighted by molar-refractivity contribution is -0.114. The number of nitrogens with one attached hydrogen (secondary N) is 4. The molecule has 0 aliphatic carbocycles. The molecule has 0 fully saturated rings. The van der Waals surface area contributed by atoms with Gasteiger partial charge in [-0.15, -0.1) is 0 Å². The lowest BCUT2D eigenvalue weighted by atomic mass is 10.1. The standard InChI is InChI=1S/C18H18N4O3/c1-11(23)20-14-5-3-13(4-6-14)17(24)19-9-8-12-2-7-15-16(10-12)22-18(25)21-15/h2-7,10H,8-9H2,1H3,(H,19,24)(H,20,23)(H2,21,22,25). The molecule has 7 nitrogen and oxygen atoms in total. The van der Waals surface area contributed by atoms with Crippen molar-refractivity contribution in [2.45, 2.75) is 13.3 Å². The van der Waals surface area contributed by atoms with E-state index in [2.05, 4.69) is 20.6 Å². The molecule has 0 saturated carbocycles. The summed E-state index contributed by atoms with van der Waals surface area (Å²) >= 11 is 0. The summed E-state index contributed by atoms with van der Waals surface area (Å²) in [5, 5.41) is 5.51. The van der Waals surface area contributed by atoms with Crippen molar-refractivity contribution < 1.29 is 9.59 Å². The molecule has 25 heavy (non-hydrogen) atoms. The number of benzene rings is 2. The Morgan fingerprint density at radius 3 is 2.44 bits per heavy atom. The Balaban J connectivity index is 1.56. The van der Waals surface area contributed by atoms with E-state index in [1.807, 2.05) is 18.2 Å². The number of aromatic amines is 2. The number of anilines is 1. The highest BCUT2D eigenvalue weighted by molar-refractivity contribution is 5.95. The highest BCUT2D eigenvalue weighted by Crippen LogP contribution is 2.11. The molecule has 0 unspecified atom stereocenters. The van der Waals surface area contributed by atoms with Crippen molar-refractivity contribution in [3.63, 3.8) is 0 Å². The van der Waals surface area contributed by atoms with E-state index >= 15 is 0 Å². The maximum absolute atomic E-state index is 12.1. The van der Waals surface area contributed by atoms with Gasteiger partial charge in [-0.2, -0.15) is 0 Å². The van der Waals surface area contributed by atoms with Crippen LogP contribution in [0.15, 0.2) is 47.3 Å². The molecule has 7 heteroatoms. The van der Waals surface area contributed by atoms with E-state index in [0.29, 0.717) is 24.2 Å². The second-order valence-corrected chi connectivity index (χ2v) is 5.72. The quantitative estimate of drug-likeness (QED) is 0.570. The molecular formula is C18H18N4O3. The first-order valence-corrected chi connectivity index (χ1v) is 7.88. The highest BCUT2D eigenvalue weighted by Gasteiger charge is 2.06. The normalized spacial score (nSPS) is 10.6. The average Bonchev–Trinajstić information content (AvgIpc) is 2.94. The van der Waals surface area contributed by atoms with E-state index in [4.69, 9.17) is 0 Å². The summed E-state index contributed by atoms with van der Waals surface area (Å²) in [7, 11) is 0. The maximum atomic E-state index is 12.1. The van der Waals surface area contributed by atoms with Crippen LogP contribution in [0.4, 0.5) is 5.69 Å². The Morgan fingerprint density at radius 1 is 1.00 bits per heavy atom. The van der Waals surface area contributed by atoms with Gasteiger partial charge < -0.3 is 20.6 Å². The molecule has 2 amide bonds. The van der Waals surface area contributed by atoms with Gasteiger partial charge in [-0.25, -0.2) is 4.79 Å². The molecule has 0 spiro atoms. The Kier molecular flexibility index (Phi) is 4.65. The molecule has 2 aromatic carbocycles. The van der Waals surface area contributed by atoms with Crippen LogP contribution in [0.2, 0.25) is 0 Å². The average molecular weight is 338 g/mol. The molecule has 128 valence electrons. The highest BCUT2D eigenvalue weighted by atomic mass is 16.2. The van der Waals surface area contributed by atoms with Crippen LogP contribution < -0.4 is 16.3 Å². The van der Waals surface area contributed by atoms with E-state index < -0.39 is 0 Å². The Hall–Kier alpha value is -3.35. The predicted octanol–water partition coefficient (Wildman–Crippen LogP) is 1.79. The number of carbonyl (C=O) groups is 2. The fourth-order valence-electron chi connectivity index (χ4n) is 2.57. The monoisotopic (exact) mass is 338 g/mol. The number of H-pyrrole nitrogens is 2. The molecular weight excluding hydrogens is 320 g/mol. The number of rotatable bonds is 5. The van der Waals surface area contributed by atoms with Crippen LogP contribution in [-0.2, 0) is 11.2 Å². The number of hydrogen-bond acceptors (Lipinski definition) is 3. The van der Waals surface area contributed by atoms with Crippen molar-refractivity contribution in [3.05, 3.63) is 64.1 Å². The molecule has 1 aromatic heterocycles. The predicted molar refractivity (Wildman–Crippen MR) is 95.7 cm³/mol. The zero-order valence-corrected chi connectivity index (χ0v) is 13.7. The molecule has 3 aromatic rings. The summed E-state index contributed by atoms with van der Waals surface area (Å²) in [6.07, 6.45) is 0.652. The van der Waals surface area contributed by atoms with Crippen molar-refractivity contribution in [3.8, 4) is 0 Å². The number of hydrogen-bond donors (Lipinski definition) is 4. The first-order valence-electron chi connectivity index (χ1n) is 7.88. The molecule has 0 radical (unpaired) electrons. The van der Waals surface area contributed by atoms with E-state index in [1.165, 1.54) is 6.92 Å². The van der Waals surface area contributed by atoms with Gasteiger partial charge in [-0.1, -0.05) is 6.07 Å². The maximum Gasteiger partial charge on any atom is 0.323 e. The van der Waals surface area contributed by atoms with Gasteiger partial charge in [0.05, 0.1) is 11.0 Å². The van der Waals surface area contributed by atoms with Gasteiger partial charge in [0, 0.05) is 24.7 Å². The van der Waals surface area contributed by atoms with Crippen LogP contribution in [0.5, 0.6) is 0 Å². The number of imidazole rings is 1. The van der Waals surface area contributed by atoms with Crippen molar-refractivity contribution in [1.82, 2.24) is 15.3 Å². The SMILES string of the molecule is CC(=O)Nc1ccc(C(=O)NCCc2ccc3[nH]c(=O)[nH]c3c2)cc1. The van der Waals surface area contributed by atoms with Gasteiger partial charge in [-0.3, -0.25) is 9.59 Å². The van der Waals surface area contributed by atoms with Crippen LogP contribution >= 0.6 is 0 Å². The fraction of sp³-hybridized carbons (Fsp3) is 0.167. The van der Waals surface area contributed by atoms with Gasteiger partial charge in [0.1, 0.15) is 0 Å².